The minimum atomic E-state index is -0.528. The average molecular weight is 329 g/mol. The Morgan fingerprint density at radius 1 is 1.21 bits per heavy atom. The molecular formula is C17H19N3O4. The van der Waals surface area contributed by atoms with E-state index in [1.54, 1.807) is 37.2 Å². The predicted octanol–water partition coefficient (Wildman–Crippen LogP) is 2.45. The van der Waals surface area contributed by atoms with E-state index < -0.39 is 10.8 Å². The number of carbonyl (C=O) groups is 1. The number of nitro groups is 1. The van der Waals surface area contributed by atoms with Gasteiger partial charge in [-0.25, -0.2) is 0 Å². The Bertz CT molecular complexity index is 742. The molecule has 126 valence electrons. The molecule has 0 aliphatic heterocycles. The predicted molar refractivity (Wildman–Crippen MR) is 92.6 cm³/mol. The zero-order valence-corrected chi connectivity index (χ0v) is 13.5. The number of benzene rings is 2. The van der Waals surface area contributed by atoms with Crippen molar-refractivity contribution in [2.45, 2.75) is 6.42 Å². The van der Waals surface area contributed by atoms with E-state index in [1.165, 1.54) is 12.1 Å². The summed E-state index contributed by atoms with van der Waals surface area (Å²) in [6.45, 7) is 0.0611. The molecule has 0 heterocycles. The highest BCUT2D eigenvalue weighted by Gasteiger charge is 2.18. The van der Waals surface area contributed by atoms with Gasteiger partial charge in [-0.05, 0) is 30.2 Å². The molecule has 1 amide bonds. The van der Waals surface area contributed by atoms with Gasteiger partial charge in [0, 0.05) is 44.2 Å². The molecule has 0 aromatic heterocycles. The average Bonchev–Trinajstić information content (AvgIpc) is 2.56. The van der Waals surface area contributed by atoms with Crippen LogP contribution < -0.4 is 10.2 Å². The van der Waals surface area contributed by atoms with Crippen LogP contribution in [0.5, 0.6) is 0 Å². The van der Waals surface area contributed by atoms with Gasteiger partial charge in [-0.3, -0.25) is 14.9 Å². The van der Waals surface area contributed by atoms with Gasteiger partial charge in [-0.15, -0.1) is 0 Å². The van der Waals surface area contributed by atoms with E-state index in [0.29, 0.717) is 17.8 Å². The maximum absolute atomic E-state index is 12.5. The first-order valence-electron chi connectivity index (χ1n) is 7.39. The largest absolute Gasteiger partial charge is 0.396 e. The number of aliphatic hydroxyl groups excluding tert-OH is 1. The highest BCUT2D eigenvalue weighted by Crippen LogP contribution is 2.25. The molecular weight excluding hydrogens is 310 g/mol. The van der Waals surface area contributed by atoms with Gasteiger partial charge in [-0.1, -0.05) is 12.1 Å². The number of hydrogen-bond donors (Lipinski definition) is 2. The highest BCUT2D eigenvalue weighted by molar-refractivity contribution is 6.08. The van der Waals surface area contributed by atoms with Crippen LogP contribution in [0.4, 0.5) is 17.1 Å². The number of hydrogen-bond acceptors (Lipinski definition) is 5. The van der Waals surface area contributed by atoms with Crippen molar-refractivity contribution in [2.24, 2.45) is 0 Å². The maximum atomic E-state index is 12.5. The summed E-state index contributed by atoms with van der Waals surface area (Å²) in [5.74, 6) is -0.419. The Hall–Kier alpha value is -2.93. The molecule has 7 heteroatoms. The number of carbonyl (C=O) groups excluding carboxylic acids is 1. The summed E-state index contributed by atoms with van der Waals surface area (Å²) in [6, 6.07) is 11.3. The number of amides is 1. The molecule has 0 fully saturated rings. The van der Waals surface area contributed by atoms with Crippen molar-refractivity contribution < 1.29 is 14.8 Å². The SMILES string of the molecule is CN(C)c1ccc([N+](=O)[O-])cc1C(=O)Nc1ccc(CCO)cc1. The van der Waals surface area contributed by atoms with Gasteiger partial charge in [0.25, 0.3) is 11.6 Å². The Labute approximate surface area is 139 Å². The molecule has 0 aliphatic rings. The third-order valence-corrected chi connectivity index (χ3v) is 3.53. The van der Waals surface area contributed by atoms with Crippen LogP contribution in [0.3, 0.4) is 0 Å². The zero-order valence-electron chi connectivity index (χ0n) is 13.5. The second-order valence-electron chi connectivity index (χ2n) is 5.48. The van der Waals surface area contributed by atoms with Gasteiger partial charge in [0.1, 0.15) is 0 Å². The molecule has 2 rings (SSSR count). The van der Waals surface area contributed by atoms with Crippen molar-refractivity contribution in [3.63, 3.8) is 0 Å². The van der Waals surface area contributed by atoms with Crippen molar-refractivity contribution >= 4 is 23.0 Å². The van der Waals surface area contributed by atoms with E-state index >= 15 is 0 Å². The fourth-order valence-electron chi connectivity index (χ4n) is 2.29. The molecule has 7 nitrogen and oxygen atoms in total. The maximum Gasteiger partial charge on any atom is 0.270 e. The standard InChI is InChI=1S/C17H19N3O4/c1-19(2)16-8-7-14(20(23)24)11-15(16)17(22)18-13-5-3-12(4-6-13)9-10-21/h3-8,11,21H,9-10H2,1-2H3,(H,18,22). The Morgan fingerprint density at radius 3 is 2.42 bits per heavy atom. The summed E-state index contributed by atoms with van der Waals surface area (Å²) >= 11 is 0. The third-order valence-electron chi connectivity index (χ3n) is 3.53. The van der Waals surface area contributed by atoms with Crippen LogP contribution in [0.1, 0.15) is 15.9 Å². The molecule has 24 heavy (non-hydrogen) atoms. The first-order valence-corrected chi connectivity index (χ1v) is 7.39. The monoisotopic (exact) mass is 329 g/mol. The summed E-state index contributed by atoms with van der Waals surface area (Å²) in [5, 5.41) is 22.6. The van der Waals surface area contributed by atoms with Crippen molar-refractivity contribution in [3.05, 3.63) is 63.7 Å². The number of nitrogens with zero attached hydrogens (tertiary/aromatic N) is 2. The number of anilines is 2. The van der Waals surface area contributed by atoms with Gasteiger partial charge in [0.2, 0.25) is 0 Å². The molecule has 2 aromatic rings. The van der Waals surface area contributed by atoms with Crippen LogP contribution in [-0.2, 0) is 6.42 Å². The van der Waals surface area contributed by atoms with Gasteiger partial charge >= 0.3 is 0 Å². The van der Waals surface area contributed by atoms with Gasteiger partial charge in [-0.2, -0.15) is 0 Å². The fourth-order valence-corrected chi connectivity index (χ4v) is 2.29. The first kappa shape index (κ1) is 17.4. The molecule has 2 N–H and O–H groups in total. The minimum absolute atomic E-state index is 0.0611. The van der Waals surface area contributed by atoms with Crippen molar-refractivity contribution in [2.75, 3.05) is 30.9 Å². The molecule has 0 bridgehead atoms. The second-order valence-corrected chi connectivity index (χ2v) is 5.48. The number of nitro benzene ring substituents is 1. The summed E-state index contributed by atoms with van der Waals surface area (Å²) in [4.78, 5) is 24.7. The summed E-state index contributed by atoms with van der Waals surface area (Å²) in [5.41, 5.74) is 2.23. The quantitative estimate of drug-likeness (QED) is 0.627. The van der Waals surface area contributed by atoms with Crippen LogP contribution in [-0.4, -0.2) is 36.6 Å². The minimum Gasteiger partial charge on any atom is -0.396 e. The first-order chi connectivity index (χ1) is 11.4. The second kappa shape index (κ2) is 7.56. The number of aliphatic hydroxyl groups is 1. The topological polar surface area (TPSA) is 95.7 Å². The summed E-state index contributed by atoms with van der Waals surface area (Å²) in [6.07, 6.45) is 0.546. The lowest BCUT2D eigenvalue weighted by Crippen LogP contribution is -2.18. The van der Waals surface area contributed by atoms with Crippen LogP contribution >= 0.6 is 0 Å². The van der Waals surface area contributed by atoms with Crippen LogP contribution in [0, 0.1) is 10.1 Å². The fraction of sp³-hybridized carbons (Fsp3) is 0.235. The number of nitrogens with one attached hydrogen (secondary N) is 1. The Kier molecular flexibility index (Phi) is 5.49. The molecule has 0 radical (unpaired) electrons. The molecule has 2 aromatic carbocycles. The molecule has 0 saturated carbocycles. The van der Waals surface area contributed by atoms with Crippen LogP contribution in [0.2, 0.25) is 0 Å². The lowest BCUT2D eigenvalue weighted by atomic mass is 10.1. The lowest BCUT2D eigenvalue weighted by Gasteiger charge is -2.17. The normalized spacial score (nSPS) is 10.3. The zero-order chi connectivity index (χ0) is 17.7. The van der Waals surface area contributed by atoms with E-state index in [2.05, 4.69) is 5.32 Å². The van der Waals surface area contributed by atoms with Crippen LogP contribution in [0.15, 0.2) is 42.5 Å². The van der Waals surface area contributed by atoms with E-state index in [1.807, 2.05) is 12.1 Å². The van der Waals surface area contributed by atoms with Crippen LogP contribution in [0.25, 0.3) is 0 Å². The van der Waals surface area contributed by atoms with Crippen molar-refractivity contribution in [1.82, 2.24) is 0 Å². The molecule has 0 unspecified atom stereocenters. The van der Waals surface area contributed by atoms with Crippen molar-refractivity contribution in [3.8, 4) is 0 Å². The van der Waals surface area contributed by atoms with E-state index in [4.69, 9.17) is 5.11 Å². The van der Waals surface area contributed by atoms with Gasteiger partial charge in [0.05, 0.1) is 10.5 Å². The van der Waals surface area contributed by atoms with Gasteiger partial charge < -0.3 is 15.3 Å². The Morgan fingerprint density at radius 2 is 1.88 bits per heavy atom. The summed E-state index contributed by atoms with van der Waals surface area (Å²) in [7, 11) is 3.53. The Balaban J connectivity index is 2.27. The highest BCUT2D eigenvalue weighted by atomic mass is 16.6. The molecule has 0 atom stereocenters. The third kappa shape index (κ3) is 4.08. The van der Waals surface area contributed by atoms with E-state index in [9.17, 15) is 14.9 Å². The smallest absolute Gasteiger partial charge is 0.270 e. The van der Waals surface area contributed by atoms with E-state index in [-0.39, 0.29) is 17.9 Å². The molecule has 0 spiro atoms. The van der Waals surface area contributed by atoms with Crippen molar-refractivity contribution in [1.29, 1.82) is 0 Å². The lowest BCUT2D eigenvalue weighted by molar-refractivity contribution is -0.384. The van der Waals surface area contributed by atoms with Gasteiger partial charge in [0.15, 0.2) is 0 Å². The molecule has 0 aliphatic carbocycles. The molecule has 0 saturated heterocycles. The summed E-state index contributed by atoms with van der Waals surface area (Å²) < 4.78 is 0. The number of rotatable bonds is 6. The number of non-ortho nitro benzene ring substituents is 1. The van der Waals surface area contributed by atoms with E-state index in [0.717, 1.165) is 5.56 Å².